The van der Waals surface area contributed by atoms with E-state index in [1.165, 1.54) is 41.3 Å². The summed E-state index contributed by atoms with van der Waals surface area (Å²) in [4.78, 5) is 33.7. The summed E-state index contributed by atoms with van der Waals surface area (Å²) in [5.41, 5.74) is 2.95. The largest absolute Gasteiger partial charge is 0.490 e. The van der Waals surface area contributed by atoms with Crippen molar-refractivity contribution in [2.45, 2.75) is 26.1 Å². The van der Waals surface area contributed by atoms with Gasteiger partial charge in [-0.3, -0.25) is 4.79 Å². The molecule has 2 heterocycles. The van der Waals surface area contributed by atoms with Crippen LogP contribution in [0.5, 0.6) is 0 Å². The number of hydrogen-bond acceptors (Lipinski definition) is 7. The number of nitrogens with one attached hydrogen (secondary N) is 1. The van der Waals surface area contributed by atoms with Gasteiger partial charge in [-0.2, -0.15) is 23.5 Å². The van der Waals surface area contributed by atoms with E-state index in [0.717, 1.165) is 11.6 Å². The third-order valence-electron chi connectivity index (χ3n) is 6.43. The fourth-order valence-electron chi connectivity index (χ4n) is 4.35. The van der Waals surface area contributed by atoms with Crippen LogP contribution in [0.4, 0.5) is 23.2 Å². The number of alkyl halides is 3. The van der Waals surface area contributed by atoms with Crippen LogP contribution in [0.2, 0.25) is 0 Å². The Labute approximate surface area is 251 Å². The Bertz CT molecular complexity index is 2030. The number of carboxylic acid groups (broad SMARTS) is 2. The first-order chi connectivity index (χ1) is 21.2. The van der Waals surface area contributed by atoms with Gasteiger partial charge in [-0.15, -0.1) is 0 Å². The zero-order chi connectivity index (χ0) is 33.1. The summed E-state index contributed by atoms with van der Waals surface area (Å²) in [5, 5.41) is 33.5. The zero-order valence-corrected chi connectivity index (χ0v) is 23.4. The van der Waals surface area contributed by atoms with Gasteiger partial charge >= 0.3 is 18.1 Å². The van der Waals surface area contributed by atoms with Gasteiger partial charge in [0.2, 0.25) is 0 Å². The Morgan fingerprint density at radius 3 is 2.40 bits per heavy atom. The molecule has 0 radical (unpaired) electrons. The molecule has 0 bridgehead atoms. The highest BCUT2D eigenvalue weighted by Gasteiger charge is 2.38. The first-order valence-corrected chi connectivity index (χ1v) is 12.9. The fraction of sp³-hybridized carbons (Fsp3) is 0.129. The lowest BCUT2D eigenvalue weighted by atomic mass is 10.0. The Morgan fingerprint density at radius 1 is 1.09 bits per heavy atom. The molecule has 0 spiro atoms. The van der Waals surface area contributed by atoms with E-state index in [0.29, 0.717) is 27.8 Å². The third kappa shape index (κ3) is 7.16. The molecule has 0 aliphatic heterocycles. The maximum absolute atomic E-state index is 14.5. The smallest absolute Gasteiger partial charge is 0.478 e. The molecule has 0 amide bonds. The van der Waals surface area contributed by atoms with Crippen LogP contribution in [0, 0.1) is 24.1 Å². The molecule has 10 nitrogen and oxygen atoms in total. The molecule has 0 saturated carbocycles. The van der Waals surface area contributed by atoms with Crippen molar-refractivity contribution < 1.29 is 41.8 Å². The van der Waals surface area contributed by atoms with Gasteiger partial charge in [0, 0.05) is 23.5 Å². The van der Waals surface area contributed by atoms with Crippen LogP contribution in [0.15, 0.2) is 82.3 Å². The summed E-state index contributed by atoms with van der Waals surface area (Å²) in [6.45, 7) is 3.72. The van der Waals surface area contributed by atoms with Crippen LogP contribution < -0.4 is 10.7 Å². The minimum Gasteiger partial charge on any atom is -0.478 e. The molecule has 0 aliphatic rings. The molecule has 2 aromatic heterocycles. The zero-order valence-electron chi connectivity index (χ0n) is 23.4. The Hall–Kier alpha value is -5.97. The summed E-state index contributed by atoms with van der Waals surface area (Å²) < 4.78 is 53.8. The molecular weight excluding hydrogens is 600 g/mol. The Balaban J connectivity index is 0.000000591. The third-order valence-corrected chi connectivity index (χ3v) is 6.43. The summed E-state index contributed by atoms with van der Waals surface area (Å²) in [6.07, 6.45) is -2.09. The molecular formula is C31H22F4N4O6. The van der Waals surface area contributed by atoms with Gasteiger partial charge in [-0.05, 0) is 55.8 Å². The van der Waals surface area contributed by atoms with Crippen molar-refractivity contribution in [1.82, 2.24) is 9.78 Å². The summed E-state index contributed by atoms with van der Waals surface area (Å²) in [5.74, 6) is -4.18. The van der Waals surface area contributed by atoms with Crippen molar-refractivity contribution in [3.05, 3.63) is 111 Å². The van der Waals surface area contributed by atoms with E-state index in [-0.39, 0.29) is 28.0 Å². The van der Waals surface area contributed by atoms with E-state index in [2.05, 4.69) is 10.4 Å². The van der Waals surface area contributed by atoms with Crippen molar-refractivity contribution >= 4 is 28.6 Å². The van der Waals surface area contributed by atoms with E-state index in [4.69, 9.17) is 19.6 Å². The van der Waals surface area contributed by atoms with E-state index in [1.807, 2.05) is 26.0 Å². The number of nitriles is 1. The lowest BCUT2D eigenvalue weighted by Crippen LogP contribution is -2.21. The minimum atomic E-state index is -5.08. The molecule has 45 heavy (non-hydrogen) atoms. The van der Waals surface area contributed by atoms with Crippen molar-refractivity contribution in [3.63, 3.8) is 0 Å². The van der Waals surface area contributed by atoms with Crippen molar-refractivity contribution in [1.29, 1.82) is 5.26 Å². The second-order valence-corrected chi connectivity index (χ2v) is 9.68. The van der Waals surface area contributed by atoms with Crippen LogP contribution >= 0.6 is 0 Å². The normalized spacial score (nSPS) is 11.7. The molecule has 14 heteroatoms. The van der Waals surface area contributed by atoms with Crippen molar-refractivity contribution in [3.8, 4) is 23.1 Å². The molecule has 0 aliphatic carbocycles. The predicted octanol–water partition coefficient (Wildman–Crippen LogP) is 6.47. The van der Waals surface area contributed by atoms with Crippen LogP contribution in [0.25, 0.3) is 28.0 Å². The van der Waals surface area contributed by atoms with Crippen LogP contribution in [0.3, 0.4) is 0 Å². The van der Waals surface area contributed by atoms with E-state index < -0.39 is 30.0 Å². The van der Waals surface area contributed by atoms with Gasteiger partial charge in [0.25, 0.3) is 0 Å². The first-order valence-electron chi connectivity index (χ1n) is 12.9. The maximum atomic E-state index is 14.5. The Morgan fingerprint density at radius 2 is 1.78 bits per heavy atom. The number of rotatable bonds is 6. The first kappa shape index (κ1) is 32.0. The van der Waals surface area contributed by atoms with Crippen LogP contribution in [-0.2, 0) is 4.79 Å². The number of nitrogens with zero attached hydrogens (tertiary/aromatic N) is 3. The lowest BCUT2D eigenvalue weighted by Gasteiger charge is -2.19. The second-order valence-electron chi connectivity index (χ2n) is 9.68. The van der Waals surface area contributed by atoms with Crippen molar-refractivity contribution in [2.75, 3.05) is 5.32 Å². The number of aromatic nitrogens is 2. The number of fused-ring (bicyclic) bond motifs is 1. The number of halogens is 4. The molecule has 3 N–H and O–H groups in total. The standard InChI is InChI=1S/C29H21FN4O4.C2HF3O2/c1-16-9-21(17(2)33-24-6-4-3-5-20(24)29(36)37)28-22(10-16)26(35)12-27(38-28)19-14-32-34(15-19)25-8-7-18(13-31)11-23(25)30;3-2(4,5)1(6)7/h3-12,14-15,17,33H,1-2H3,(H,36,37);(H,6,7). The average molecular weight is 623 g/mol. The number of aryl methyl sites for hydroxylation is 1. The highest BCUT2D eigenvalue weighted by Crippen LogP contribution is 2.31. The fourth-order valence-corrected chi connectivity index (χ4v) is 4.35. The molecule has 0 fully saturated rings. The van der Waals surface area contributed by atoms with Gasteiger partial charge in [-0.1, -0.05) is 18.2 Å². The van der Waals surface area contributed by atoms with Gasteiger partial charge in [0.05, 0.1) is 40.4 Å². The maximum Gasteiger partial charge on any atom is 0.490 e. The van der Waals surface area contributed by atoms with Gasteiger partial charge in [0.1, 0.15) is 22.8 Å². The van der Waals surface area contributed by atoms with E-state index in [9.17, 15) is 32.3 Å². The topological polar surface area (TPSA) is 158 Å². The lowest BCUT2D eigenvalue weighted by molar-refractivity contribution is -0.192. The van der Waals surface area contributed by atoms with Gasteiger partial charge in [-0.25, -0.2) is 18.7 Å². The quantitative estimate of drug-likeness (QED) is 0.181. The molecule has 1 unspecified atom stereocenters. The second kappa shape index (κ2) is 12.7. The number of aliphatic carboxylic acids is 1. The minimum absolute atomic E-state index is 0.126. The molecule has 0 saturated heterocycles. The number of para-hydroxylation sites is 1. The average Bonchev–Trinajstić information content (AvgIpc) is 3.47. The summed E-state index contributed by atoms with van der Waals surface area (Å²) in [7, 11) is 0. The molecule has 230 valence electrons. The monoisotopic (exact) mass is 622 g/mol. The SMILES string of the molecule is Cc1cc(C(C)Nc2ccccc2C(=O)O)c2oc(-c3cnn(-c4ccc(C#N)cc4F)c3)cc(=O)c2c1.O=C(O)C(F)(F)F. The van der Waals surface area contributed by atoms with E-state index >= 15 is 0 Å². The number of benzene rings is 3. The summed E-state index contributed by atoms with van der Waals surface area (Å²) in [6, 6.07) is 17.1. The number of carboxylic acids is 2. The van der Waals surface area contributed by atoms with Gasteiger partial charge < -0.3 is 19.9 Å². The van der Waals surface area contributed by atoms with Crippen molar-refractivity contribution in [2.24, 2.45) is 0 Å². The number of anilines is 1. The van der Waals surface area contributed by atoms with Crippen LogP contribution in [-0.4, -0.2) is 38.1 Å². The highest BCUT2D eigenvalue weighted by atomic mass is 19.4. The highest BCUT2D eigenvalue weighted by molar-refractivity contribution is 5.94. The van der Waals surface area contributed by atoms with Crippen LogP contribution in [0.1, 0.15) is 40.0 Å². The summed E-state index contributed by atoms with van der Waals surface area (Å²) >= 11 is 0. The molecule has 5 rings (SSSR count). The number of carbonyl (C=O) groups is 2. The number of hydrogen-bond donors (Lipinski definition) is 3. The molecule has 5 aromatic rings. The number of aromatic carboxylic acids is 1. The van der Waals surface area contributed by atoms with Gasteiger partial charge in [0.15, 0.2) is 5.43 Å². The molecule has 3 aromatic carbocycles. The molecule has 1 atom stereocenters. The predicted molar refractivity (Wildman–Crippen MR) is 154 cm³/mol. The van der Waals surface area contributed by atoms with E-state index in [1.54, 1.807) is 24.3 Å². The Kier molecular flexibility index (Phi) is 9.03.